The number of hydrogen-bond donors (Lipinski definition) is 1. The third kappa shape index (κ3) is 6.49. The molecule has 0 spiro atoms. The summed E-state index contributed by atoms with van der Waals surface area (Å²) in [5.41, 5.74) is 0.354. The van der Waals surface area contributed by atoms with E-state index in [0.29, 0.717) is 17.5 Å². The summed E-state index contributed by atoms with van der Waals surface area (Å²) in [6.45, 7) is 16.0. The van der Waals surface area contributed by atoms with Gasteiger partial charge >= 0.3 is 0 Å². The summed E-state index contributed by atoms with van der Waals surface area (Å²) in [5.74, 6) is 0. The maximum absolute atomic E-state index is 3.68. The van der Waals surface area contributed by atoms with Gasteiger partial charge in [-0.05, 0) is 52.2 Å². The average Bonchev–Trinajstić information content (AvgIpc) is 2.15. The van der Waals surface area contributed by atoms with Gasteiger partial charge in [0, 0.05) is 12.1 Å². The molecule has 2 heteroatoms. The maximum atomic E-state index is 3.68. The zero-order chi connectivity index (χ0) is 12.8. The molecule has 0 aliphatic rings. The highest BCUT2D eigenvalue weighted by Crippen LogP contribution is 2.22. The molecular weight excluding hydrogens is 196 g/mol. The third-order valence-electron chi connectivity index (χ3n) is 3.34. The van der Waals surface area contributed by atoms with Crippen molar-refractivity contribution in [2.24, 2.45) is 5.41 Å². The Morgan fingerprint density at radius 1 is 1.19 bits per heavy atom. The van der Waals surface area contributed by atoms with Crippen molar-refractivity contribution in [3.05, 3.63) is 0 Å². The Labute approximate surface area is 103 Å². The van der Waals surface area contributed by atoms with Crippen LogP contribution in [0.3, 0.4) is 0 Å². The van der Waals surface area contributed by atoms with Crippen molar-refractivity contribution in [1.82, 2.24) is 10.2 Å². The fourth-order valence-corrected chi connectivity index (χ4v) is 1.75. The van der Waals surface area contributed by atoms with Gasteiger partial charge in [-0.1, -0.05) is 27.7 Å². The molecule has 0 amide bonds. The molecule has 1 atom stereocenters. The Hall–Kier alpha value is -0.0800. The zero-order valence-electron chi connectivity index (χ0n) is 12.4. The van der Waals surface area contributed by atoms with E-state index in [0.717, 1.165) is 6.54 Å². The van der Waals surface area contributed by atoms with E-state index in [1.165, 1.54) is 19.4 Å². The van der Waals surface area contributed by atoms with Gasteiger partial charge in [0.2, 0.25) is 0 Å². The van der Waals surface area contributed by atoms with Crippen molar-refractivity contribution < 1.29 is 0 Å². The fourth-order valence-electron chi connectivity index (χ4n) is 1.75. The first-order valence-corrected chi connectivity index (χ1v) is 6.72. The summed E-state index contributed by atoms with van der Waals surface area (Å²) in [7, 11) is 2.21. The van der Waals surface area contributed by atoms with Gasteiger partial charge in [0.1, 0.15) is 0 Å². The number of nitrogens with one attached hydrogen (secondary N) is 1. The molecule has 0 rings (SSSR count). The molecular formula is C14H32N2. The van der Waals surface area contributed by atoms with E-state index in [1.54, 1.807) is 0 Å². The summed E-state index contributed by atoms with van der Waals surface area (Å²) in [5, 5.41) is 3.68. The van der Waals surface area contributed by atoms with Gasteiger partial charge < -0.3 is 10.2 Å². The second-order valence-electron chi connectivity index (χ2n) is 6.24. The average molecular weight is 228 g/mol. The summed E-state index contributed by atoms with van der Waals surface area (Å²) >= 11 is 0. The van der Waals surface area contributed by atoms with Crippen LogP contribution in [-0.2, 0) is 0 Å². The second kappa shape index (κ2) is 7.29. The smallest absolute Gasteiger partial charge is 0.0128 e. The minimum absolute atomic E-state index is 0.354. The molecule has 0 aliphatic carbocycles. The first-order chi connectivity index (χ1) is 7.29. The molecule has 1 N–H and O–H groups in total. The Balaban J connectivity index is 4.12. The highest BCUT2D eigenvalue weighted by atomic mass is 15.1. The van der Waals surface area contributed by atoms with E-state index >= 15 is 0 Å². The van der Waals surface area contributed by atoms with Crippen LogP contribution in [-0.4, -0.2) is 37.1 Å². The fraction of sp³-hybridized carbons (Fsp3) is 1.00. The van der Waals surface area contributed by atoms with Crippen LogP contribution in [0.2, 0.25) is 0 Å². The SMILES string of the molecule is CCCNC(CCN(C)C(C)C)C(C)(C)C. The molecule has 98 valence electrons. The molecule has 0 bridgehead atoms. The topological polar surface area (TPSA) is 15.3 Å². The van der Waals surface area contributed by atoms with Crippen molar-refractivity contribution in [2.75, 3.05) is 20.1 Å². The number of hydrogen-bond acceptors (Lipinski definition) is 2. The molecule has 0 radical (unpaired) electrons. The molecule has 0 heterocycles. The standard InChI is InChI=1S/C14H32N2/c1-8-10-15-13(14(4,5)6)9-11-16(7)12(2)3/h12-13,15H,8-11H2,1-7H3. The van der Waals surface area contributed by atoms with Crippen LogP contribution in [0.5, 0.6) is 0 Å². The van der Waals surface area contributed by atoms with Gasteiger partial charge in [0.05, 0.1) is 0 Å². The molecule has 16 heavy (non-hydrogen) atoms. The molecule has 0 aromatic carbocycles. The molecule has 0 saturated heterocycles. The largest absolute Gasteiger partial charge is 0.313 e. The van der Waals surface area contributed by atoms with Crippen LogP contribution in [0.25, 0.3) is 0 Å². The zero-order valence-corrected chi connectivity index (χ0v) is 12.4. The van der Waals surface area contributed by atoms with E-state index in [1.807, 2.05) is 0 Å². The van der Waals surface area contributed by atoms with Gasteiger partial charge in [-0.2, -0.15) is 0 Å². The van der Waals surface area contributed by atoms with Crippen LogP contribution in [0.4, 0.5) is 0 Å². The molecule has 2 nitrogen and oxygen atoms in total. The van der Waals surface area contributed by atoms with Crippen molar-refractivity contribution in [1.29, 1.82) is 0 Å². The van der Waals surface area contributed by atoms with Gasteiger partial charge in [-0.25, -0.2) is 0 Å². The molecule has 0 aromatic heterocycles. The van der Waals surface area contributed by atoms with Crippen LogP contribution in [0.1, 0.15) is 54.4 Å². The van der Waals surface area contributed by atoms with E-state index < -0.39 is 0 Å². The van der Waals surface area contributed by atoms with E-state index in [4.69, 9.17) is 0 Å². The molecule has 0 fully saturated rings. The Morgan fingerprint density at radius 2 is 1.75 bits per heavy atom. The first-order valence-electron chi connectivity index (χ1n) is 6.72. The number of nitrogens with zero attached hydrogens (tertiary/aromatic N) is 1. The normalized spacial score (nSPS) is 14.8. The quantitative estimate of drug-likeness (QED) is 0.720. The minimum atomic E-state index is 0.354. The summed E-state index contributed by atoms with van der Waals surface area (Å²) in [6.07, 6.45) is 2.45. The van der Waals surface area contributed by atoms with E-state index in [-0.39, 0.29) is 0 Å². The van der Waals surface area contributed by atoms with Crippen molar-refractivity contribution >= 4 is 0 Å². The molecule has 0 aliphatic heterocycles. The lowest BCUT2D eigenvalue weighted by Gasteiger charge is -2.33. The lowest BCUT2D eigenvalue weighted by Crippen LogP contribution is -2.43. The van der Waals surface area contributed by atoms with Crippen molar-refractivity contribution in [2.45, 2.75) is 66.5 Å². The van der Waals surface area contributed by atoms with Crippen LogP contribution in [0.15, 0.2) is 0 Å². The van der Waals surface area contributed by atoms with Crippen molar-refractivity contribution in [3.8, 4) is 0 Å². The molecule has 1 unspecified atom stereocenters. The molecule has 0 aromatic rings. The van der Waals surface area contributed by atoms with Gasteiger partial charge in [-0.15, -0.1) is 0 Å². The first kappa shape index (κ1) is 15.9. The van der Waals surface area contributed by atoms with E-state index in [2.05, 4.69) is 58.8 Å². The Bertz CT molecular complexity index is 170. The highest BCUT2D eigenvalue weighted by Gasteiger charge is 2.23. The Morgan fingerprint density at radius 3 is 2.12 bits per heavy atom. The van der Waals surface area contributed by atoms with Crippen molar-refractivity contribution in [3.63, 3.8) is 0 Å². The lowest BCUT2D eigenvalue weighted by molar-refractivity contribution is 0.203. The molecule has 0 saturated carbocycles. The van der Waals surface area contributed by atoms with Gasteiger partial charge in [0.25, 0.3) is 0 Å². The summed E-state index contributed by atoms with van der Waals surface area (Å²) in [4.78, 5) is 2.42. The van der Waals surface area contributed by atoms with E-state index in [9.17, 15) is 0 Å². The monoisotopic (exact) mass is 228 g/mol. The summed E-state index contributed by atoms with van der Waals surface area (Å²) in [6, 6.07) is 1.26. The van der Waals surface area contributed by atoms with Crippen LogP contribution in [0, 0.1) is 5.41 Å². The Kier molecular flexibility index (Phi) is 7.25. The summed E-state index contributed by atoms with van der Waals surface area (Å²) < 4.78 is 0. The van der Waals surface area contributed by atoms with Crippen LogP contribution >= 0.6 is 0 Å². The van der Waals surface area contributed by atoms with Gasteiger partial charge in [-0.3, -0.25) is 0 Å². The maximum Gasteiger partial charge on any atom is 0.0128 e. The number of rotatable bonds is 7. The van der Waals surface area contributed by atoms with Crippen LogP contribution < -0.4 is 5.32 Å². The second-order valence-corrected chi connectivity index (χ2v) is 6.24. The predicted molar refractivity (Wildman–Crippen MR) is 73.9 cm³/mol. The lowest BCUT2D eigenvalue weighted by atomic mass is 9.84. The van der Waals surface area contributed by atoms with Gasteiger partial charge in [0.15, 0.2) is 0 Å². The predicted octanol–water partition coefficient (Wildman–Crippen LogP) is 3.13. The highest BCUT2D eigenvalue weighted by molar-refractivity contribution is 4.81. The third-order valence-corrected chi connectivity index (χ3v) is 3.34. The minimum Gasteiger partial charge on any atom is -0.313 e.